The van der Waals surface area contributed by atoms with Crippen LogP contribution in [0.3, 0.4) is 0 Å². The van der Waals surface area contributed by atoms with Crippen molar-refractivity contribution in [1.29, 1.82) is 0 Å². The standard InChI is InChI=1S/C11H10IN3O2S/c1-2-9-14-15-11(18-9)13-10(17)7-5-6(12)3-4-8(7)16/h3-5,16H,2H2,1H3,(H,13,15,17). The molecule has 2 rings (SSSR count). The summed E-state index contributed by atoms with van der Waals surface area (Å²) in [4.78, 5) is 11.9. The number of hydrogen-bond donors (Lipinski definition) is 2. The zero-order valence-corrected chi connectivity index (χ0v) is 12.4. The van der Waals surface area contributed by atoms with Gasteiger partial charge in [-0.25, -0.2) is 0 Å². The van der Waals surface area contributed by atoms with E-state index in [4.69, 9.17) is 0 Å². The lowest BCUT2D eigenvalue weighted by atomic mass is 10.2. The summed E-state index contributed by atoms with van der Waals surface area (Å²) in [5.41, 5.74) is 0.232. The van der Waals surface area contributed by atoms with Crippen molar-refractivity contribution in [2.45, 2.75) is 13.3 Å². The summed E-state index contributed by atoms with van der Waals surface area (Å²) in [7, 11) is 0. The molecular formula is C11H10IN3O2S. The monoisotopic (exact) mass is 375 g/mol. The SMILES string of the molecule is CCc1nnc(NC(=O)c2cc(I)ccc2O)s1. The molecule has 1 aromatic heterocycles. The molecule has 0 fully saturated rings. The number of nitrogens with one attached hydrogen (secondary N) is 1. The molecule has 0 bridgehead atoms. The second-order valence-corrected chi connectivity index (χ2v) is 5.78. The molecule has 7 heteroatoms. The van der Waals surface area contributed by atoms with Gasteiger partial charge in [0.1, 0.15) is 10.8 Å². The first-order chi connectivity index (χ1) is 8.60. The molecule has 0 aliphatic rings. The average Bonchev–Trinajstić information content (AvgIpc) is 2.80. The van der Waals surface area contributed by atoms with Crippen LogP contribution in [0, 0.1) is 3.57 Å². The molecule has 1 amide bonds. The number of aryl methyl sites for hydroxylation is 1. The summed E-state index contributed by atoms with van der Waals surface area (Å²) < 4.78 is 0.877. The molecular weight excluding hydrogens is 365 g/mol. The van der Waals surface area contributed by atoms with E-state index in [0.29, 0.717) is 5.13 Å². The van der Waals surface area contributed by atoms with Crippen molar-refractivity contribution in [2.24, 2.45) is 0 Å². The normalized spacial score (nSPS) is 10.3. The van der Waals surface area contributed by atoms with Gasteiger partial charge in [-0.15, -0.1) is 10.2 Å². The number of carbonyl (C=O) groups excluding carboxylic acids is 1. The Kier molecular flexibility index (Phi) is 4.12. The van der Waals surface area contributed by atoms with Crippen LogP contribution in [0.5, 0.6) is 5.75 Å². The van der Waals surface area contributed by atoms with Crippen LogP contribution in [0.15, 0.2) is 18.2 Å². The minimum absolute atomic E-state index is 0.0480. The number of anilines is 1. The van der Waals surface area contributed by atoms with Gasteiger partial charge in [0.15, 0.2) is 0 Å². The second-order valence-electron chi connectivity index (χ2n) is 3.47. The molecule has 94 valence electrons. The first-order valence-electron chi connectivity index (χ1n) is 5.22. The minimum atomic E-state index is -0.384. The lowest BCUT2D eigenvalue weighted by Crippen LogP contribution is -2.12. The maximum Gasteiger partial charge on any atom is 0.261 e. The van der Waals surface area contributed by atoms with Crippen molar-refractivity contribution in [3.63, 3.8) is 0 Å². The molecule has 2 N–H and O–H groups in total. The third kappa shape index (κ3) is 2.96. The number of halogens is 1. The van der Waals surface area contributed by atoms with E-state index in [-0.39, 0.29) is 17.2 Å². The fourth-order valence-corrected chi connectivity index (χ4v) is 2.47. The molecule has 1 aromatic carbocycles. The summed E-state index contributed by atoms with van der Waals surface area (Å²) in [6, 6.07) is 4.84. The maximum atomic E-state index is 11.9. The van der Waals surface area contributed by atoms with E-state index in [1.165, 1.54) is 17.4 Å². The second kappa shape index (κ2) is 5.61. The Morgan fingerprint density at radius 3 is 2.94 bits per heavy atom. The van der Waals surface area contributed by atoms with Gasteiger partial charge in [0.2, 0.25) is 5.13 Å². The Labute approximate surface area is 121 Å². The Hall–Kier alpha value is -1.22. The molecule has 0 aliphatic carbocycles. The first-order valence-corrected chi connectivity index (χ1v) is 7.12. The highest BCUT2D eigenvalue weighted by Gasteiger charge is 2.13. The largest absolute Gasteiger partial charge is 0.507 e. The van der Waals surface area contributed by atoms with Crippen molar-refractivity contribution in [1.82, 2.24) is 10.2 Å². The molecule has 0 unspecified atom stereocenters. The third-order valence-electron chi connectivity index (χ3n) is 2.19. The number of phenolic OH excluding ortho intramolecular Hbond substituents is 1. The van der Waals surface area contributed by atoms with Crippen molar-refractivity contribution < 1.29 is 9.90 Å². The topological polar surface area (TPSA) is 75.1 Å². The van der Waals surface area contributed by atoms with Crippen molar-refractivity contribution in [3.05, 3.63) is 32.3 Å². The Morgan fingerprint density at radius 1 is 1.50 bits per heavy atom. The number of hydrogen-bond acceptors (Lipinski definition) is 5. The predicted octanol–water partition coefficient (Wildman–Crippen LogP) is 2.66. The molecule has 1 heterocycles. The van der Waals surface area contributed by atoms with Gasteiger partial charge in [0.25, 0.3) is 5.91 Å². The molecule has 0 saturated heterocycles. The van der Waals surface area contributed by atoms with E-state index in [2.05, 4.69) is 38.1 Å². The van der Waals surface area contributed by atoms with Gasteiger partial charge in [-0.05, 0) is 47.2 Å². The molecule has 18 heavy (non-hydrogen) atoms. The number of phenols is 1. The lowest BCUT2D eigenvalue weighted by molar-refractivity contribution is 0.102. The quantitative estimate of drug-likeness (QED) is 0.809. The summed E-state index contributed by atoms with van der Waals surface area (Å²) >= 11 is 3.41. The maximum absolute atomic E-state index is 11.9. The summed E-state index contributed by atoms with van der Waals surface area (Å²) in [5, 5.41) is 21.3. The fraction of sp³-hybridized carbons (Fsp3) is 0.182. The van der Waals surface area contributed by atoms with Gasteiger partial charge in [0, 0.05) is 3.57 Å². The first kappa shape index (κ1) is 13.2. The Morgan fingerprint density at radius 2 is 2.28 bits per heavy atom. The molecule has 0 radical (unpaired) electrons. The van der Waals surface area contributed by atoms with Crippen molar-refractivity contribution in [3.8, 4) is 5.75 Å². The van der Waals surface area contributed by atoms with E-state index in [9.17, 15) is 9.90 Å². The highest BCUT2D eigenvalue weighted by molar-refractivity contribution is 14.1. The number of aromatic hydroxyl groups is 1. The lowest BCUT2D eigenvalue weighted by Gasteiger charge is -2.04. The van der Waals surface area contributed by atoms with Gasteiger partial charge < -0.3 is 5.11 Å². The molecule has 2 aromatic rings. The minimum Gasteiger partial charge on any atom is -0.507 e. The Balaban J connectivity index is 2.19. The van der Waals surface area contributed by atoms with Gasteiger partial charge in [-0.3, -0.25) is 10.1 Å². The predicted molar refractivity (Wildman–Crippen MR) is 78.1 cm³/mol. The van der Waals surface area contributed by atoms with Crippen LogP contribution >= 0.6 is 33.9 Å². The van der Waals surface area contributed by atoms with E-state index in [1.54, 1.807) is 12.1 Å². The number of carbonyl (C=O) groups is 1. The van der Waals surface area contributed by atoms with E-state index >= 15 is 0 Å². The van der Waals surface area contributed by atoms with Crippen molar-refractivity contribution in [2.75, 3.05) is 5.32 Å². The number of amides is 1. The third-order valence-corrected chi connectivity index (χ3v) is 3.85. The number of rotatable bonds is 3. The molecule has 0 spiro atoms. The summed E-state index contributed by atoms with van der Waals surface area (Å²) in [6.07, 6.45) is 0.780. The van der Waals surface area contributed by atoms with Gasteiger partial charge in [0.05, 0.1) is 5.56 Å². The van der Waals surface area contributed by atoms with Crippen LogP contribution in [-0.2, 0) is 6.42 Å². The number of aromatic nitrogens is 2. The highest BCUT2D eigenvalue weighted by atomic mass is 127. The van der Waals surface area contributed by atoms with Crippen LogP contribution in [0.25, 0.3) is 0 Å². The van der Waals surface area contributed by atoms with E-state index < -0.39 is 0 Å². The smallest absolute Gasteiger partial charge is 0.261 e. The summed E-state index contributed by atoms with van der Waals surface area (Å²) in [6.45, 7) is 1.97. The highest BCUT2D eigenvalue weighted by Crippen LogP contribution is 2.22. The number of nitrogens with zero attached hydrogens (tertiary/aromatic N) is 2. The van der Waals surface area contributed by atoms with Crippen LogP contribution in [0.4, 0.5) is 5.13 Å². The Bertz CT molecular complexity index is 585. The molecule has 0 atom stereocenters. The van der Waals surface area contributed by atoms with Crippen LogP contribution in [0.2, 0.25) is 0 Å². The van der Waals surface area contributed by atoms with Crippen molar-refractivity contribution >= 4 is 45.0 Å². The van der Waals surface area contributed by atoms with E-state index in [0.717, 1.165) is 15.0 Å². The molecule has 0 saturated carbocycles. The van der Waals surface area contributed by atoms with Gasteiger partial charge in [-0.1, -0.05) is 18.3 Å². The molecule has 5 nitrogen and oxygen atoms in total. The average molecular weight is 375 g/mol. The molecule has 0 aliphatic heterocycles. The zero-order chi connectivity index (χ0) is 13.1. The van der Waals surface area contributed by atoms with E-state index in [1.807, 2.05) is 6.92 Å². The fourth-order valence-electron chi connectivity index (χ4n) is 1.30. The zero-order valence-electron chi connectivity index (χ0n) is 9.48. The summed E-state index contributed by atoms with van der Waals surface area (Å²) in [5.74, 6) is -0.432. The van der Waals surface area contributed by atoms with Crippen LogP contribution < -0.4 is 5.32 Å². The van der Waals surface area contributed by atoms with Crippen LogP contribution in [0.1, 0.15) is 22.3 Å². The van der Waals surface area contributed by atoms with Gasteiger partial charge >= 0.3 is 0 Å². The van der Waals surface area contributed by atoms with Crippen LogP contribution in [-0.4, -0.2) is 21.2 Å². The number of benzene rings is 1. The van der Waals surface area contributed by atoms with Gasteiger partial charge in [-0.2, -0.15) is 0 Å².